The zero-order valence-electron chi connectivity index (χ0n) is 8.00. The zero-order valence-corrected chi connectivity index (χ0v) is 8.00. The third kappa shape index (κ3) is 3.23. The Morgan fingerprint density at radius 3 is 2.85 bits per heavy atom. The van der Waals surface area contributed by atoms with Crippen molar-refractivity contribution < 1.29 is 4.79 Å². The lowest BCUT2D eigenvalue weighted by Crippen LogP contribution is -2.21. The Hall–Kier alpha value is -1.38. The number of carbonyl (C=O) groups is 1. The van der Waals surface area contributed by atoms with Gasteiger partial charge in [-0.15, -0.1) is 0 Å². The molecule has 13 heavy (non-hydrogen) atoms. The van der Waals surface area contributed by atoms with Crippen LogP contribution < -0.4 is 5.32 Å². The molecule has 1 aromatic rings. The van der Waals surface area contributed by atoms with Crippen LogP contribution in [0.3, 0.4) is 0 Å². The van der Waals surface area contributed by atoms with Crippen LogP contribution in [0.15, 0.2) is 18.3 Å². The van der Waals surface area contributed by atoms with Gasteiger partial charge in [-0.05, 0) is 18.6 Å². The third-order valence-corrected chi connectivity index (χ3v) is 1.78. The van der Waals surface area contributed by atoms with Gasteiger partial charge in [-0.25, -0.2) is 0 Å². The summed E-state index contributed by atoms with van der Waals surface area (Å²) < 4.78 is 0. The van der Waals surface area contributed by atoms with Crippen molar-refractivity contribution >= 4 is 5.91 Å². The average molecular weight is 178 g/mol. The van der Waals surface area contributed by atoms with Gasteiger partial charge in [0.2, 0.25) is 5.91 Å². The fraction of sp³-hybridized carbons (Fsp3) is 0.400. The molecule has 0 aliphatic rings. The first-order chi connectivity index (χ1) is 6.22. The molecular formula is C10H14N2O. The number of aryl methyl sites for hydroxylation is 1. The lowest BCUT2D eigenvalue weighted by atomic mass is 10.2. The number of aromatic nitrogens is 1. The third-order valence-electron chi connectivity index (χ3n) is 1.78. The molecule has 1 aromatic heterocycles. The van der Waals surface area contributed by atoms with Crippen LogP contribution in [0.4, 0.5) is 0 Å². The molecule has 0 saturated carbocycles. The molecule has 0 radical (unpaired) electrons. The average Bonchev–Trinajstić information content (AvgIpc) is 2.16. The smallest absolute Gasteiger partial charge is 0.219 e. The highest BCUT2D eigenvalue weighted by Gasteiger charge is 1.96. The Kier molecular flexibility index (Phi) is 3.43. The molecule has 1 rings (SSSR count). The maximum absolute atomic E-state index is 10.9. The predicted octanol–water partition coefficient (Wildman–Crippen LogP) is 1.42. The van der Waals surface area contributed by atoms with Crippen molar-refractivity contribution in [2.24, 2.45) is 0 Å². The number of nitrogens with zero attached hydrogens (tertiary/aromatic N) is 1. The molecule has 0 fully saturated rings. The minimum Gasteiger partial charge on any atom is -0.352 e. The molecule has 70 valence electrons. The zero-order chi connectivity index (χ0) is 9.68. The molecular weight excluding hydrogens is 164 g/mol. The molecule has 0 bridgehead atoms. The monoisotopic (exact) mass is 178 g/mol. The van der Waals surface area contributed by atoms with Crippen LogP contribution in [0.1, 0.15) is 24.6 Å². The van der Waals surface area contributed by atoms with Crippen molar-refractivity contribution in [3.05, 3.63) is 29.6 Å². The van der Waals surface area contributed by atoms with Crippen molar-refractivity contribution in [2.45, 2.75) is 26.8 Å². The number of pyridine rings is 1. The molecule has 1 heterocycles. The molecule has 1 amide bonds. The van der Waals surface area contributed by atoms with E-state index in [1.807, 2.05) is 26.0 Å². The van der Waals surface area contributed by atoms with E-state index >= 15 is 0 Å². The lowest BCUT2D eigenvalue weighted by molar-refractivity contribution is -0.120. The van der Waals surface area contributed by atoms with Gasteiger partial charge in [0.05, 0.1) is 0 Å². The minimum absolute atomic E-state index is 0.0700. The number of nitrogens with one attached hydrogen (secondary N) is 1. The normalized spacial score (nSPS) is 9.69. The first-order valence-corrected chi connectivity index (χ1v) is 4.40. The van der Waals surface area contributed by atoms with E-state index in [1.165, 1.54) is 0 Å². The van der Waals surface area contributed by atoms with Crippen LogP contribution >= 0.6 is 0 Å². The Morgan fingerprint density at radius 2 is 2.31 bits per heavy atom. The molecule has 0 saturated heterocycles. The predicted molar refractivity (Wildman–Crippen MR) is 51.1 cm³/mol. The molecule has 0 aliphatic heterocycles. The van der Waals surface area contributed by atoms with E-state index < -0.39 is 0 Å². The molecule has 3 heteroatoms. The molecule has 1 N–H and O–H groups in total. The van der Waals surface area contributed by atoms with Crippen molar-refractivity contribution in [3.63, 3.8) is 0 Å². The topological polar surface area (TPSA) is 42.0 Å². The van der Waals surface area contributed by atoms with E-state index in [4.69, 9.17) is 0 Å². The Balaban J connectivity index is 2.46. The van der Waals surface area contributed by atoms with Gasteiger partial charge < -0.3 is 5.32 Å². The van der Waals surface area contributed by atoms with Crippen molar-refractivity contribution in [3.8, 4) is 0 Å². The number of rotatable bonds is 3. The quantitative estimate of drug-likeness (QED) is 0.760. The van der Waals surface area contributed by atoms with E-state index in [2.05, 4.69) is 10.3 Å². The molecule has 0 spiro atoms. The van der Waals surface area contributed by atoms with Gasteiger partial charge in [0, 0.05) is 24.9 Å². The summed E-state index contributed by atoms with van der Waals surface area (Å²) in [5.41, 5.74) is 2.03. The Bertz CT molecular complexity index is 279. The van der Waals surface area contributed by atoms with Crippen LogP contribution in [0.25, 0.3) is 0 Å². The van der Waals surface area contributed by atoms with Gasteiger partial charge in [0.15, 0.2) is 0 Å². The summed E-state index contributed by atoms with van der Waals surface area (Å²) in [5.74, 6) is 0.0700. The summed E-state index contributed by atoms with van der Waals surface area (Å²) >= 11 is 0. The van der Waals surface area contributed by atoms with E-state index in [0.717, 1.165) is 11.3 Å². The maximum Gasteiger partial charge on any atom is 0.219 e. The van der Waals surface area contributed by atoms with Gasteiger partial charge in [0.1, 0.15) is 0 Å². The standard InChI is InChI=1S/C10H14N2O/c1-3-10(13)12-7-9-5-4-8(2)11-6-9/h4-6H,3,7H2,1-2H3,(H,12,13). The summed E-state index contributed by atoms with van der Waals surface area (Å²) in [5, 5.41) is 2.79. The largest absolute Gasteiger partial charge is 0.352 e. The summed E-state index contributed by atoms with van der Waals surface area (Å²) in [4.78, 5) is 15.1. The summed E-state index contributed by atoms with van der Waals surface area (Å²) in [6.45, 7) is 4.34. The van der Waals surface area contributed by atoms with E-state index in [1.54, 1.807) is 6.20 Å². The lowest BCUT2D eigenvalue weighted by Gasteiger charge is -2.02. The summed E-state index contributed by atoms with van der Waals surface area (Å²) in [6.07, 6.45) is 2.31. The van der Waals surface area contributed by atoms with Crippen LogP contribution in [-0.2, 0) is 11.3 Å². The Labute approximate surface area is 78.2 Å². The SMILES string of the molecule is CCC(=O)NCc1ccc(C)nc1. The van der Waals surface area contributed by atoms with E-state index in [0.29, 0.717) is 13.0 Å². The van der Waals surface area contributed by atoms with E-state index in [-0.39, 0.29) is 5.91 Å². The molecule has 0 unspecified atom stereocenters. The second kappa shape index (κ2) is 4.60. The van der Waals surface area contributed by atoms with Crippen molar-refractivity contribution in [1.29, 1.82) is 0 Å². The minimum atomic E-state index is 0.0700. The van der Waals surface area contributed by atoms with Crippen LogP contribution in [-0.4, -0.2) is 10.9 Å². The van der Waals surface area contributed by atoms with Crippen LogP contribution in [0, 0.1) is 6.92 Å². The highest BCUT2D eigenvalue weighted by Crippen LogP contribution is 1.98. The highest BCUT2D eigenvalue weighted by molar-refractivity contribution is 5.75. The second-order valence-electron chi connectivity index (χ2n) is 2.94. The fourth-order valence-corrected chi connectivity index (χ4v) is 0.929. The van der Waals surface area contributed by atoms with Crippen molar-refractivity contribution in [2.75, 3.05) is 0 Å². The molecule has 0 aliphatic carbocycles. The van der Waals surface area contributed by atoms with Gasteiger partial charge in [-0.3, -0.25) is 9.78 Å². The maximum atomic E-state index is 10.9. The van der Waals surface area contributed by atoms with Crippen LogP contribution in [0.5, 0.6) is 0 Å². The van der Waals surface area contributed by atoms with Gasteiger partial charge in [-0.2, -0.15) is 0 Å². The van der Waals surface area contributed by atoms with Gasteiger partial charge in [-0.1, -0.05) is 13.0 Å². The summed E-state index contributed by atoms with van der Waals surface area (Å²) in [6, 6.07) is 3.91. The van der Waals surface area contributed by atoms with Crippen molar-refractivity contribution in [1.82, 2.24) is 10.3 Å². The highest BCUT2D eigenvalue weighted by atomic mass is 16.1. The number of hydrogen-bond donors (Lipinski definition) is 1. The molecule has 0 atom stereocenters. The van der Waals surface area contributed by atoms with Gasteiger partial charge >= 0.3 is 0 Å². The molecule has 0 aromatic carbocycles. The first kappa shape index (κ1) is 9.71. The Morgan fingerprint density at radius 1 is 1.54 bits per heavy atom. The summed E-state index contributed by atoms with van der Waals surface area (Å²) in [7, 11) is 0. The van der Waals surface area contributed by atoms with E-state index in [9.17, 15) is 4.79 Å². The van der Waals surface area contributed by atoms with Crippen LogP contribution in [0.2, 0.25) is 0 Å². The number of hydrogen-bond acceptors (Lipinski definition) is 2. The first-order valence-electron chi connectivity index (χ1n) is 4.40. The van der Waals surface area contributed by atoms with Gasteiger partial charge in [0.25, 0.3) is 0 Å². The number of carbonyl (C=O) groups excluding carboxylic acids is 1. The fourth-order valence-electron chi connectivity index (χ4n) is 0.929. The second-order valence-corrected chi connectivity index (χ2v) is 2.94. The molecule has 3 nitrogen and oxygen atoms in total. The number of amides is 1.